The molecule has 2 aromatic heterocycles. The summed E-state index contributed by atoms with van der Waals surface area (Å²) in [7, 11) is -4.08. The van der Waals surface area contributed by atoms with E-state index in [4.69, 9.17) is 0 Å². The third kappa shape index (κ3) is 5.25. The molecule has 192 valence electrons. The summed E-state index contributed by atoms with van der Waals surface area (Å²) >= 11 is 0.438. The van der Waals surface area contributed by atoms with Gasteiger partial charge >= 0.3 is 6.18 Å². The van der Waals surface area contributed by atoms with Gasteiger partial charge in [0.05, 0.1) is 27.7 Å². The highest BCUT2D eigenvalue weighted by Gasteiger charge is 2.47. The molecule has 1 N–H and O–H groups in total. The summed E-state index contributed by atoms with van der Waals surface area (Å²) in [5.41, 5.74) is 0.535. The Morgan fingerprint density at radius 2 is 1.86 bits per heavy atom. The average Bonchev–Trinajstić information content (AvgIpc) is 3.44. The summed E-state index contributed by atoms with van der Waals surface area (Å²) in [6.45, 7) is 3.45. The molecule has 36 heavy (non-hydrogen) atoms. The third-order valence-corrected chi connectivity index (χ3v) is 9.06. The summed E-state index contributed by atoms with van der Waals surface area (Å²) in [6, 6.07) is 4.35. The molecule has 1 saturated heterocycles. The number of halogens is 4. The van der Waals surface area contributed by atoms with E-state index >= 15 is 0 Å². The van der Waals surface area contributed by atoms with Crippen molar-refractivity contribution in [3.05, 3.63) is 59.4 Å². The van der Waals surface area contributed by atoms with Crippen molar-refractivity contribution in [2.24, 2.45) is 5.92 Å². The van der Waals surface area contributed by atoms with Crippen molar-refractivity contribution in [2.75, 3.05) is 0 Å². The molecule has 1 aliphatic heterocycles. The minimum atomic E-state index is -4.57. The summed E-state index contributed by atoms with van der Waals surface area (Å²) in [4.78, 5) is 24.5. The van der Waals surface area contributed by atoms with Crippen LogP contribution in [0.2, 0.25) is 0 Å². The minimum Gasteiger partial charge on any atom is -0.349 e. The number of benzene rings is 1. The number of aromatic nitrogens is 3. The smallest absolute Gasteiger partial charge is 0.349 e. The van der Waals surface area contributed by atoms with Crippen LogP contribution in [0.25, 0.3) is 10.6 Å². The van der Waals surface area contributed by atoms with Crippen molar-refractivity contribution < 1.29 is 30.8 Å². The SMILES string of the molecule is C[C@@H]1C[C@@H](C(=O)NCc2cc(-c3cnc(C(F)(F)F)s3)ncn2)N(S(=O)(=O)c2ccc(F)cc2)[C@H]1C. The van der Waals surface area contributed by atoms with Crippen LogP contribution in [0.3, 0.4) is 0 Å². The van der Waals surface area contributed by atoms with Crippen molar-refractivity contribution in [3.63, 3.8) is 0 Å². The van der Waals surface area contributed by atoms with Crippen LogP contribution in [0.1, 0.15) is 31.0 Å². The fraction of sp³-hybridized carbons (Fsp3) is 0.364. The molecule has 1 amide bonds. The lowest BCUT2D eigenvalue weighted by atomic mass is 10.0. The number of nitrogens with zero attached hydrogens (tertiary/aromatic N) is 4. The van der Waals surface area contributed by atoms with E-state index in [1.807, 2.05) is 6.92 Å². The van der Waals surface area contributed by atoms with Crippen LogP contribution in [-0.2, 0) is 27.5 Å². The molecule has 1 aromatic carbocycles. The van der Waals surface area contributed by atoms with Crippen molar-refractivity contribution in [1.29, 1.82) is 0 Å². The van der Waals surface area contributed by atoms with Gasteiger partial charge in [-0.25, -0.2) is 27.8 Å². The summed E-state index contributed by atoms with van der Waals surface area (Å²) in [6.07, 6.45) is -2.06. The van der Waals surface area contributed by atoms with Gasteiger partial charge in [-0.05, 0) is 49.6 Å². The number of carbonyl (C=O) groups excluding carboxylic acids is 1. The van der Waals surface area contributed by atoms with Crippen LogP contribution in [0, 0.1) is 11.7 Å². The first-order valence-electron chi connectivity index (χ1n) is 10.8. The standard InChI is InChI=1S/C22H21F4N5O3S2/c1-12-7-18(31(13(12)2)36(33,34)16-5-3-14(23)4-6-16)20(32)27-9-15-8-17(30-11-29-15)19-10-28-21(35-19)22(24,25)26/h3-6,8,10-13,18H,7,9H2,1-2H3,(H,27,32)/t12-,13+,18+/m1/s1. The van der Waals surface area contributed by atoms with Crippen LogP contribution >= 0.6 is 11.3 Å². The Balaban J connectivity index is 1.50. The lowest BCUT2D eigenvalue weighted by Crippen LogP contribution is -2.48. The number of nitrogens with one attached hydrogen (secondary N) is 1. The number of rotatable bonds is 6. The number of hydrogen-bond donors (Lipinski definition) is 1. The molecule has 3 heterocycles. The maximum Gasteiger partial charge on any atom is 0.443 e. The molecule has 0 radical (unpaired) electrons. The van der Waals surface area contributed by atoms with Gasteiger partial charge in [0.25, 0.3) is 0 Å². The van der Waals surface area contributed by atoms with E-state index in [9.17, 15) is 30.8 Å². The lowest BCUT2D eigenvalue weighted by molar-refractivity contribution is -0.137. The highest BCUT2D eigenvalue weighted by molar-refractivity contribution is 7.89. The maximum absolute atomic E-state index is 13.3. The van der Waals surface area contributed by atoms with Gasteiger partial charge in [0.1, 0.15) is 18.2 Å². The summed E-state index contributed by atoms with van der Waals surface area (Å²) < 4.78 is 79.6. The zero-order valence-corrected chi connectivity index (χ0v) is 20.7. The van der Waals surface area contributed by atoms with Crippen LogP contribution < -0.4 is 5.32 Å². The van der Waals surface area contributed by atoms with Gasteiger partial charge in [-0.2, -0.15) is 17.5 Å². The Kier molecular flexibility index (Phi) is 7.12. The molecular formula is C22H21F4N5O3S2. The number of alkyl halides is 3. The Hall–Kier alpha value is -2.97. The molecule has 4 rings (SSSR count). The molecule has 0 unspecified atom stereocenters. The van der Waals surface area contributed by atoms with E-state index in [1.165, 1.54) is 6.07 Å². The van der Waals surface area contributed by atoms with E-state index in [0.29, 0.717) is 17.0 Å². The van der Waals surface area contributed by atoms with Crippen LogP contribution in [-0.4, -0.2) is 45.7 Å². The molecule has 3 atom stereocenters. The molecule has 0 bridgehead atoms. The fourth-order valence-corrected chi connectivity index (χ4v) is 6.61. The van der Waals surface area contributed by atoms with Gasteiger partial charge in [-0.15, -0.1) is 11.3 Å². The van der Waals surface area contributed by atoms with Crippen LogP contribution in [0.4, 0.5) is 17.6 Å². The number of amides is 1. The highest BCUT2D eigenvalue weighted by Crippen LogP contribution is 2.36. The van der Waals surface area contributed by atoms with Gasteiger partial charge in [-0.1, -0.05) is 6.92 Å². The second kappa shape index (κ2) is 9.82. The van der Waals surface area contributed by atoms with E-state index in [2.05, 4.69) is 20.3 Å². The minimum absolute atomic E-state index is 0.0943. The molecule has 1 fully saturated rings. The van der Waals surface area contributed by atoms with Crippen molar-refractivity contribution in [3.8, 4) is 10.6 Å². The lowest BCUT2D eigenvalue weighted by Gasteiger charge is -2.27. The van der Waals surface area contributed by atoms with Crippen molar-refractivity contribution in [2.45, 2.75) is 50.0 Å². The van der Waals surface area contributed by atoms with E-state index in [1.54, 1.807) is 6.92 Å². The predicted molar refractivity (Wildman–Crippen MR) is 122 cm³/mol. The first-order valence-corrected chi connectivity index (χ1v) is 13.0. The maximum atomic E-state index is 13.3. The number of sulfonamides is 1. The monoisotopic (exact) mass is 543 g/mol. The van der Waals surface area contributed by atoms with Crippen LogP contribution in [0.5, 0.6) is 0 Å². The predicted octanol–water partition coefficient (Wildman–Crippen LogP) is 3.86. The molecular weight excluding hydrogens is 522 g/mol. The number of thiazole rings is 1. The zero-order valence-electron chi connectivity index (χ0n) is 19.0. The van der Waals surface area contributed by atoms with E-state index in [0.717, 1.165) is 41.1 Å². The summed E-state index contributed by atoms with van der Waals surface area (Å²) in [5, 5.41) is 1.66. The van der Waals surface area contributed by atoms with Gasteiger partial charge in [0.2, 0.25) is 15.9 Å². The van der Waals surface area contributed by atoms with Gasteiger partial charge in [0, 0.05) is 12.2 Å². The Bertz CT molecular complexity index is 1360. The van der Waals surface area contributed by atoms with Gasteiger partial charge < -0.3 is 5.32 Å². The van der Waals surface area contributed by atoms with Crippen molar-refractivity contribution in [1.82, 2.24) is 24.6 Å². The Labute approximate surface area is 208 Å². The largest absolute Gasteiger partial charge is 0.443 e. The first kappa shape index (κ1) is 26.1. The Morgan fingerprint density at radius 3 is 2.50 bits per heavy atom. The van der Waals surface area contributed by atoms with Crippen molar-refractivity contribution >= 4 is 27.3 Å². The number of carbonyl (C=O) groups is 1. The molecule has 1 aliphatic rings. The van der Waals surface area contributed by atoms with Gasteiger partial charge in [0.15, 0.2) is 5.01 Å². The number of hydrogen-bond acceptors (Lipinski definition) is 7. The topological polar surface area (TPSA) is 105 Å². The van der Waals surface area contributed by atoms with E-state index in [-0.39, 0.29) is 34.4 Å². The molecule has 8 nitrogen and oxygen atoms in total. The first-order chi connectivity index (χ1) is 16.9. The highest BCUT2D eigenvalue weighted by atomic mass is 32.2. The molecule has 0 aliphatic carbocycles. The zero-order chi connectivity index (χ0) is 26.3. The van der Waals surface area contributed by atoms with E-state index < -0.39 is 45.0 Å². The molecule has 0 spiro atoms. The third-order valence-electron chi connectivity index (χ3n) is 5.99. The van der Waals surface area contributed by atoms with Crippen LogP contribution in [0.15, 0.2) is 47.8 Å². The molecule has 0 saturated carbocycles. The second-order valence-corrected chi connectivity index (χ2v) is 11.3. The fourth-order valence-electron chi connectivity index (χ4n) is 3.97. The second-order valence-electron chi connectivity index (χ2n) is 8.40. The molecule has 14 heteroatoms. The average molecular weight is 544 g/mol. The van der Waals surface area contributed by atoms with Gasteiger partial charge in [-0.3, -0.25) is 4.79 Å². The summed E-state index contributed by atoms with van der Waals surface area (Å²) in [5.74, 6) is -1.24. The Morgan fingerprint density at radius 1 is 1.17 bits per heavy atom. The normalized spacial score (nSPS) is 21.0. The molecule has 3 aromatic rings. The quantitative estimate of drug-likeness (QED) is 0.474.